The van der Waals surface area contributed by atoms with Crippen molar-refractivity contribution in [3.05, 3.63) is 48.0 Å². The minimum absolute atomic E-state index is 0.000478. The molecule has 0 radical (unpaired) electrons. The summed E-state index contributed by atoms with van der Waals surface area (Å²) < 4.78 is 0. The number of benzene rings is 2. The second kappa shape index (κ2) is 4.74. The number of nitrogens with zero attached hydrogens (tertiary/aromatic N) is 1. The third-order valence-electron chi connectivity index (χ3n) is 3.69. The largest absolute Gasteiger partial charge is 0.343 e. The van der Waals surface area contributed by atoms with Gasteiger partial charge in [0.15, 0.2) is 0 Å². The van der Waals surface area contributed by atoms with Gasteiger partial charge < -0.3 is 5.32 Å². The van der Waals surface area contributed by atoms with Gasteiger partial charge >= 0.3 is 0 Å². The Kier molecular flexibility index (Phi) is 2.92. The summed E-state index contributed by atoms with van der Waals surface area (Å²) in [5, 5.41) is 13.6. The Morgan fingerprint density at radius 2 is 2.05 bits per heavy atom. The average Bonchev–Trinajstić information content (AvgIpc) is 3.24. The van der Waals surface area contributed by atoms with Crippen LogP contribution in [-0.4, -0.2) is 12.5 Å². The fourth-order valence-corrected chi connectivity index (χ4v) is 2.66. The van der Waals surface area contributed by atoms with Gasteiger partial charge in [0.05, 0.1) is 6.07 Å². The monoisotopic (exact) mass is 250 g/mol. The Balaban J connectivity index is 1.84. The molecular weight excluding hydrogens is 236 g/mol. The van der Waals surface area contributed by atoms with Crippen LogP contribution < -0.4 is 5.32 Å². The Hall–Kier alpha value is -2.34. The minimum atomic E-state index is -0.000478. The van der Waals surface area contributed by atoms with Gasteiger partial charge in [-0.25, -0.2) is 0 Å². The van der Waals surface area contributed by atoms with Crippen LogP contribution in [0.4, 0.5) is 0 Å². The van der Waals surface area contributed by atoms with Crippen molar-refractivity contribution in [3.8, 4) is 6.07 Å². The third kappa shape index (κ3) is 2.17. The zero-order chi connectivity index (χ0) is 13.2. The maximum Gasteiger partial charge on any atom is 0.224 e. The van der Waals surface area contributed by atoms with Gasteiger partial charge in [0, 0.05) is 5.92 Å². The van der Waals surface area contributed by atoms with Gasteiger partial charge in [-0.1, -0.05) is 42.5 Å². The number of nitriles is 1. The van der Waals surface area contributed by atoms with Crippen molar-refractivity contribution in [1.29, 1.82) is 5.26 Å². The van der Waals surface area contributed by atoms with Gasteiger partial charge in [0.2, 0.25) is 5.91 Å². The maximum absolute atomic E-state index is 11.8. The summed E-state index contributed by atoms with van der Waals surface area (Å²) in [6.45, 7) is 0.0948. The number of carbonyl (C=O) groups excluding carboxylic acids is 1. The third-order valence-corrected chi connectivity index (χ3v) is 3.69. The van der Waals surface area contributed by atoms with Crippen LogP contribution in [-0.2, 0) is 4.79 Å². The maximum atomic E-state index is 11.8. The predicted molar refractivity (Wildman–Crippen MR) is 73.4 cm³/mol. The van der Waals surface area contributed by atoms with Crippen LogP contribution in [0.1, 0.15) is 17.9 Å². The molecule has 1 saturated carbocycles. The molecule has 3 heteroatoms. The lowest BCUT2D eigenvalue weighted by molar-refractivity contribution is -0.122. The van der Waals surface area contributed by atoms with E-state index in [1.165, 1.54) is 16.3 Å². The first-order valence-electron chi connectivity index (χ1n) is 6.43. The van der Waals surface area contributed by atoms with E-state index in [0.717, 1.165) is 6.42 Å². The molecular formula is C16H14N2O. The summed E-state index contributed by atoms with van der Waals surface area (Å²) in [5.74, 6) is 0.323. The molecule has 1 amide bonds. The topological polar surface area (TPSA) is 52.9 Å². The molecule has 2 aromatic rings. The highest BCUT2D eigenvalue weighted by Crippen LogP contribution is 2.49. The standard InChI is InChI=1S/C16H14N2O/c17-8-9-18-16(19)15-10-14(15)13-7-3-5-11-4-1-2-6-12(11)13/h1-7,14-15H,9-10H2,(H,18,19). The van der Waals surface area contributed by atoms with Crippen molar-refractivity contribution in [3.63, 3.8) is 0 Å². The van der Waals surface area contributed by atoms with Crippen LogP contribution in [0, 0.1) is 17.2 Å². The van der Waals surface area contributed by atoms with Crippen molar-refractivity contribution >= 4 is 16.7 Å². The minimum Gasteiger partial charge on any atom is -0.343 e. The summed E-state index contributed by atoms with van der Waals surface area (Å²) in [5.41, 5.74) is 1.25. The zero-order valence-electron chi connectivity index (χ0n) is 10.5. The lowest BCUT2D eigenvalue weighted by Gasteiger charge is -2.06. The molecule has 2 atom stereocenters. The van der Waals surface area contributed by atoms with Gasteiger partial charge in [-0.2, -0.15) is 5.26 Å². The van der Waals surface area contributed by atoms with Crippen LogP contribution in [0.25, 0.3) is 10.8 Å². The molecule has 0 bridgehead atoms. The lowest BCUT2D eigenvalue weighted by Crippen LogP contribution is -2.25. The van der Waals surface area contributed by atoms with E-state index in [1.807, 2.05) is 24.3 Å². The van der Waals surface area contributed by atoms with Crippen LogP contribution in [0.3, 0.4) is 0 Å². The molecule has 0 aromatic heterocycles. The SMILES string of the molecule is N#CCNC(=O)C1CC1c1cccc2ccccc12. The number of rotatable bonds is 3. The smallest absolute Gasteiger partial charge is 0.224 e. The Labute approximate surface area is 111 Å². The lowest BCUT2D eigenvalue weighted by atomic mass is 10.00. The van der Waals surface area contributed by atoms with Crippen molar-refractivity contribution in [1.82, 2.24) is 5.32 Å². The van der Waals surface area contributed by atoms with E-state index in [2.05, 4.69) is 29.6 Å². The van der Waals surface area contributed by atoms with Gasteiger partial charge in [-0.15, -0.1) is 0 Å². The van der Waals surface area contributed by atoms with E-state index in [4.69, 9.17) is 5.26 Å². The number of nitrogens with one attached hydrogen (secondary N) is 1. The first-order chi connectivity index (χ1) is 9.31. The van der Waals surface area contributed by atoms with E-state index < -0.39 is 0 Å². The average molecular weight is 250 g/mol. The molecule has 1 N–H and O–H groups in total. The normalized spacial score (nSPS) is 20.8. The van der Waals surface area contributed by atoms with Crippen molar-refractivity contribution in [2.75, 3.05) is 6.54 Å². The molecule has 19 heavy (non-hydrogen) atoms. The predicted octanol–water partition coefficient (Wildman–Crippen LogP) is 2.58. The van der Waals surface area contributed by atoms with Crippen molar-refractivity contribution < 1.29 is 4.79 Å². The van der Waals surface area contributed by atoms with Gasteiger partial charge in [0.25, 0.3) is 0 Å². The molecule has 2 aromatic carbocycles. The first-order valence-corrected chi connectivity index (χ1v) is 6.43. The van der Waals surface area contributed by atoms with Gasteiger partial charge in [0.1, 0.15) is 6.54 Å². The van der Waals surface area contributed by atoms with E-state index in [-0.39, 0.29) is 18.4 Å². The van der Waals surface area contributed by atoms with Crippen LogP contribution in [0.5, 0.6) is 0 Å². The second-order valence-corrected chi connectivity index (χ2v) is 4.89. The summed E-state index contributed by atoms with van der Waals surface area (Å²) in [4.78, 5) is 11.8. The molecule has 0 heterocycles. The highest BCUT2D eigenvalue weighted by atomic mass is 16.2. The number of hydrogen-bond acceptors (Lipinski definition) is 2. The highest BCUT2D eigenvalue weighted by Gasteiger charge is 2.44. The molecule has 1 aliphatic rings. The molecule has 3 nitrogen and oxygen atoms in total. The fraction of sp³-hybridized carbons (Fsp3) is 0.250. The number of hydrogen-bond donors (Lipinski definition) is 1. The Morgan fingerprint density at radius 1 is 1.26 bits per heavy atom. The Morgan fingerprint density at radius 3 is 2.89 bits per heavy atom. The summed E-state index contributed by atoms with van der Waals surface area (Å²) in [7, 11) is 0. The van der Waals surface area contributed by atoms with E-state index in [1.54, 1.807) is 0 Å². The molecule has 1 fully saturated rings. The van der Waals surface area contributed by atoms with E-state index >= 15 is 0 Å². The molecule has 0 saturated heterocycles. The van der Waals surface area contributed by atoms with Gasteiger partial charge in [-0.3, -0.25) is 4.79 Å². The number of amides is 1. The molecule has 2 unspecified atom stereocenters. The fourth-order valence-electron chi connectivity index (χ4n) is 2.66. The van der Waals surface area contributed by atoms with E-state index in [9.17, 15) is 4.79 Å². The van der Waals surface area contributed by atoms with Crippen molar-refractivity contribution in [2.24, 2.45) is 5.92 Å². The molecule has 1 aliphatic carbocycles. The van der Waals surface area contributed by atoms with Crippen LogP contribution in [0.2, 0.25) is 0 Å². The zero-order valence-corrected chi connectivity index (χ0v) is 10.5. The number of fused-ring (bicyclic) bond motifs is 1. The summed E-state index contributed by atoms with van der Waals surface area (Å²) in [6, 6.07) is 16.4. The number of carbonyl (C=O) groups is 1. The molecule has 3 rings (SSSR count). The first kappa shape index (κ1) is 11.7. The summed E-state index contributed by atoms with van der Waals surface area (Å²) >= 11 is 0. The van der Waals surface area contributed by atoms with Crippen LogP contribution in [0.15, 0.2) is 42.5 Å². The summed E-state index contributed by atoms with van der Waals surface area (Å²) in [6.07, 6.45) is 0.880. The Bertz CT molecular complexity index is 666. The quantitative estimate of drug-likeness (QED) is 0.851. The molecule has 0 spiro atoms. The van der Waals surface area contributed by atoms with Gasteiger partial charge in [-0.05, 0) is 28.7 Å². The van der Waals surface area contributed by atoms with E-state index in [0.29, 0.717) is 5.92 Å². The second-order valence-electron chi connectivity index (χ2n) is 4.89. The molecule has 94 valence electrons. The highest BCUT2D eigenvalue weighted by molar-refractivity contribution is 5.89. The van der Waals surface area contributed by atoms with Crippen molar-refractivity contribution in [2.45, 2.75) is 12.3 Å². The molecule has 0 aliphatic heterocycles. The van der Waals surface area contributed by atoms with Crippen LogP contribution >= 0.6 is 0 Å².